The van der Waals surface area contributed by atoms with Gasteiger partial charge in [-0.3, -0.25) is 4.79 Å². The molecule has 8 nitrogen and oxygen atoms in total. The Kier molecular flexibility index (Phi) is 5.57. The molecule has 11 heteroatoms. The largest absolute Gasteiger partial charge is 0.420 e. The Bertz CT molecular complexity index is 1330. The second-order valence-electron chi connectivity index (χ2n) is 8.90. The van der Waals surface area contributed by atoms with Crippen LogP contribution in [-0.2, 0) is 26.6 Å². The number of rotatable bonds is 3. The van der Waals surface area contributed by atoms with Crippen LogP contribution in [0.2, 0.25) is 0 Å². The van der Waals surface area contributed by atoms with Gasteiger partial charge in [-0.05, 0) is 29.8 Å². The highest BCUT2D eigenvalue weighted by molar-refractivity contribution is 7.91. The number of benzene rings is 2. The summed E-state index contributed by atoms with van der Waals surface area (Å²) in [5, 5.41) is 7.85. The summed E-state index contributed by atoms with van der Waals surface area (Å²) in [6.45, 7) is 5.43. The van der Waals surface area contributed by atoms with E-state index in [-0.39, 0.29) is 34.5 Å². The summed E-state index contributed by atoms with van der Waals surface area (Å²) in [7, 11) is -4.09. The lowest BCUT2D eigenvalue weighted by molar-refractivity contribution is -0.119. The minimum Gasteiger partial charge on any atom is -0.420 e. The molecule has 4 rings (SSSR count). The number of amides is 1. The van der Waals surface area contributed by atoms with E-state index in [2.05, 4.69) is 10.2 Å². The van der Waals surface area contributed by atoms with Crippen LogP contribution in [0, 0.1) is 11.6 Å². The van der Waals surface area contributed by atoms with Gasteiger partial charge >= 0.3 is 0 Å². The molecule has 1 aliphatic heterocycles. The molecule has 0 bridgehead atoms. The summed E-state index contributed by atoms with van der Waals surface area (Å²) in [5.41, 5.74) is 5.69. The minimum atomic E-state index is -4.09. The predicted octanol–water partition coefficient (Wildman–Crippen LogP) is 2.96. The fraction of sp³-hybridized carbons (Fsp3) is 0.318. The summed E-state index contributed by atoms with van der Waals surface area (Å²) in [4.78, 5) is 13.8. The first-order valence-corrected chi connectivity index (χ1v) is 11.7. The number of hydrogen-bond donors (Lipinski definition) is 1. The van der Waals surface area contributed by atoms with Gasteiger partial charge in [0.15, 0.2) is 9.84 Å². The van der Waals surface area contributed by atoms with E-state index < -0.39 is 44.6 Å². The van der Waals surface area contributed by atoms with Crippen molar-refractivity contribution in [2.24, 2.45) is 5.73 Å². The number of aromatic nitrogens is 2. The topological polar surface area (TPSA) is 119 Å². The van der Waals surface area contributed by atoms with Gasteiger partial charge in [0.05, 0.1) is 34.5 Å². The number of carbonyl (C=O) groups excluding carboxylic acids is 1. The third-order valence-electron chi connectivity index (χ3n) is 5.21. The first-order valence-electron chi connectivity index (χ1n) is 10.1. The maximum absolute atomic E-state index is 15.1. The van der Waals surface area contributed by atoms with Gasteiger partial charge in [0.25, 0.3) is 5.89 Å². The first kappa shape index (κ1) is 23.0. The molecule has 174 valence electrons. The standard InChI is InChI=1S/C22H22F2N4O4S/c1-22(2,3)21-27-26-19(32-21)14-8-17-18(9-15(14)24)33(30,31)11-16(25)20(29)28(17)10-12-4-6-13(23)7-5-12/h4-9,16H,10-11,25H2,1-3H3/t16-/m0/s1. The first-order chi connectivity index (χ1) is 15.4. The van der Waals surface area contributed by atoms with Crippen molar-refractivity contribution < 1.29 is 26.4 Å². The van der Waals surface area contributed by atoms with Gasteiger partial charge in [-0.25, -0.2) is 17.2 Å². The van der Waals surface area contributed by atoms with Crippen molar-refractivity contribution in [2.45, 2.75) is 43.7 Å². The van der Waals surface area contributed by atoms with Gasteiger partial charge in [0.1, 0.15) is 11.6 Å². The van der Waals surface area contributed by atoms with E-state index in [1.165, 1.54) is 30.3 Å². The average molecular weight is 477 g/mol. The Hall–Kier alpha value is -3.18. The van der Waals surface area contributed by atoms with E-state index >= 15 is 4.39 Å². The summed E-state index contributed by atoms with van der Waals surface area (Å²) >= 11 is 0. The molecule has 0 spiro atoms. The predicted molar refractivity (Wildman–Crippen MR) is 116 cm³/mol. The molecule has 0 unspecified atom stereocenters. The molecule has 1 atom stereocenters. The Morgan fingerprint density at radius 2 is 1.82 bits per heavy atom. The highest BCUT2D eigenvalue weighted by atomic mass is 32.2. The third kappa shape index (κ3) is 4.38. The molecule has 2 N–H and O–H groups in total. The molecule has 1 aromatic heterocycles. The van der Waals surface area contributed by atoms with E-state index in [9.17, 15) is 17.6 Å². The van der Waals surface area contributed by atoms with Crippen molar-refractivity contribution in [2.75, 3.05) is 10.7 Å². The van der Waals surface area contributed by atoms with Crippen molar-refractivity contribution in [3.05, 3.63) is 59.5 Å². The van der Waals surface area contributed by atoms with Crippen molar-refractivity contribution in [1.29, 1.82) is 0 Å². The zero-order valence-electron chi connectivity index (χ0n) is 18.2. The van der Waals surface area contributed by atoms with Crippen LogP contribution in [0.3, 0.4) is 0 Å². The van der Waals surface area contributed by atoms with E-state index in [0.717, 1.165) is 11.0 Å². The van der Waals surface area contributed by atoms with Gasteiger partial charge in [0.2, 0.25) is 11.8 Å². The van der Waals surface area contributed by atoms with Crippen LogP contribution < -0.4 is 10.6 Å². The van der Waals surface area contributed by atoms with Gasteiger partial charge in [0, 0.05) is 5.41 Å². The third-order valence-corrected chi connectivity index (χ3v) is 7.00. The Morgan fingerprint density at radius 3 is 2.42 bits per heavy atom. The van der Waals surface area contributed by atoms with Crippen LogP contribution in [0.4, 0.5) is 14.5 Å². The molecule has 0 saturated carbocycles. The summed E-state index contributed by atoms with van der Waals surface area (Å²) in [5.74, 6) is -2.59. The molecule has 1 amide bonds. The number of hydrogen-bond acceptors (Lipinski definition) is 7. The van der Waals surface area contributed by atoms with E-state index in [0.29, 0.717) is 5.56 Å². The molecule has 2 heterocycles. The number of nitrogens with zero attached hydrogens (tertiary/aromatic N) is 3. The number of fused-ring (bicyclic) bond motifs is 1. The Morgan fingerprint density at radius 1 is 1.15 bits per heavy atom. The quantitative estimate of drug-likeness (QED) is 0.617. The van der Waals surface area contributed by atoms with Crippen molar-refractivity contribution >= 4 is 21.4 Å². The van der Waals surface area contributed by atoms with Crippen LogP contribution in [0.25, 0.3) is 11.5 Å². The highest BCUT2D eigenvalue weighted by Crippen LogP contribution is 2.37. The van der Waals surface area contributed by atoms with Crippen LogP contribution in [-0.4, -0.2) is 36.3 Å². The lowest BCUT2D eigenvalue weighted by Gasteiger charge is -2.24. The van der Waals surface area contributed by atoms with E-state index in [4.69, 9.17) is 10.2 Å². The normalized spacial score (nSPS) is 18.2. The Labute approximate surface area is 189 Å². The zero-order valence-corrected chi connectivity index (χ0v) is 19.0. The van der Waals surface area contributed by atoms with Gasteiger partial charge in [-0.15, -0.1) is 10.2 Å². The second kappa shape index (κ2) is 7.99. The highest BCUT2D eigenvalue weighted by Gasteiger charge is 2.37. The maximum atomic E-state index is 15.1. The molecule has 2 aromatic carbocycles. The molecule has 0 fully saturated rings. The summed E-state index contributed by atoms with van der Waals surface area (Å²) < 4.78 is 59.8. The number of nitrogens with two attached hydrogens (primary N) is 1. The summed E-state index contributed by atoms with van der Waals surface area (Å²) in [6, 6.07) is 6.04. The second-order valence-corrected chi connectivity index (χ2v) is 10.9. The zero-order chi connectivity index (χ0) is 24.1. The van der Waals surface area contributed by atoms with Crippen molar-refractivity contribution in [1.82, 2.24) is 10.2 Å². The fourth-order valence-corrected chi connectivity index (χ4v) is 5.02. The SMILES string of the molecule is CC(C)(C)c1nnc(-c2cc3c(cc2F)S(=O)(=O)C[C@H](N)C(=O)N3Cc2ccc(F)cc2)o1. The lowest BCUT2D eigenvalue weighted by atomic mass is 9.97. The molecular weight excluding hydrogens is 454 g/mol. The van der Waals surface area contributed by atoms with Crippen LogP contribution in [0.5, 0.6) is 0 Å². The number of anilines is 1. The molecule has 1 aliphatic rings. The van der Waals surface area contributed by atoms with E-state index in [1.807, 2.05) is 20.8 Å². The average Bonchev–Trinajstić information content (AvgIpc) is 3.21. The lowest BCUT2D eigenvalue weighted by Crippen LogP contribution is -2.45. The maximum Gasteiger partial charge on any atom is 0.250 e. The monoisotopic (exact) mass is 476 g/mol. The van der Waals surface area contributed by atoms with Crippen molar-refractivity contribution in [3.63, 3.8) is 0 Å². The van der Waals surface area contributed by atoms with Crippen LogP contribution >= 0.6 is 0 Å². The van der Waals surface area contributed by atoms with Crippen LogP contribution in [0.1, 0.15) is 32.2 Å². The summed E-state index contributed by atoms with van der Waals surface area (Å²) in [6.07, 6.45) is 0. The number of sulfone groups is 1. The number of halogens is 2. The molecule has 0 aliphatic carbocycles. The molecule has 33 heavy (non-hydrogen) atoms. The minimum absolute atomic E-state index is 0.0656. The smallest absolute Gasteiger partial charge is 0.250 e. The van der Waals surface area contributed by atoms with Crippen LogP contribution in [0.15, 0.2) is 45.7 Å². The molecular formula is C22H22F2N4O4S. The molecule has 0 saturated heterocycles. The number of carbonyl (C=O) groups is 1. The molecule has 3 aromatic rings. The molecule has 0 radical (unpaired) electrons. The van der Waals surface area contributed by atoms with Gasteiger partial charge < -0.3 is 15.1 Å². The fourth-order valence-electron chi connectivity index (χ4n) is 3.45. The van der Waals surface area contributed by atoms with Gasteiger partial charge in [-0.1, -0.05) is 32.9 Å². The van der Waals surface area contributed by atoms with E-state index in [1.54, 1.807) is 0 Å². The Balaban J connectivity index is 1.89. The van der Waals surface area contributed by atoms with Gasteiger partial charge in [-0.2, -0.15) is 0 Å². The van der Waals surface area contributed by atoms with Crippen molar-refractivity contribution in [3.8, 4) is 11.5 Å².